The van der Waals surface area contributed by atoms with E-state index in [0.29, 0.717) is 27.6 Å². The van der Waals surface area contributed by atoms with Gasteiger partial charge in [0.2, 0.25) is 5.95 Å². The van der Waals surface area contributed by atoms with Crippen LogP contribution in [0.4, 0.5) is 5.82 Å². The van der Waals surface area contributed by atoms with Crippen molar-refractivity contribution >= 4 is 28.5 Å². The highest BCUT2D eigenvalue weighted by Gasteiger charge is 2.14. The molecule has 0 radical (unpaired) electrons. The van der Waals surface area contributed by atoms with Crippen molar-refractivity contribution in [1.29, 1.82) is 0 Å². The van der Waals surface area contributed by atoms with Crippen LogP contribution in [0.5, 0.6) is 0 Å². The van der Waals surface area contributed by atoms with Gasteiger partial charge in [-0.1, -0.05) is 17.7 Å². The Kier molecular flexibility index (Phi) is 3.14. The van der Waals surface area contributed by atoms with Crippen molar-refractivity contribution in [3.8, 4) is 11.6 Å². The van der Waals surface area contributed by atoms with Crippen LogP contribution in [-0.4, -0.2) is 29.5 Å². The van der Waals surface area contributed by atoms with Crippen molar-refractivity contribution in [1.82, 2.24) is 29.5 Å². The quantitative estimate of drug-likeness (QED) is 0.578. The molecule has 0 spiro atoms. The highest BCUT2D eigenvalue weighted by molar-refractivity contribution is 6.30. The minimum atomic E-state index is -0.323. The van der Waals surface area contributed by atoms with Gasteiger partial charge in [0.05, 0.1) is 17.6 Å². The third-order valence-corrected chi connectivity index (χ3v) is 3.77. The number of halogens is 1. The number of benzene rings is 1. The van der Waals surface area contributed by atoms with Crippen molar-refractivity contribution in [2.24, 2.45) is 0 Å². The number of rotatable bonds is 2. The normalized spacial score (nSPS) is 11.2. The molecule has 0 unspecified atom stereocenters. The molecule has 1 aromatic carbocycles. The number of aromatic nitrogens is 6. The number of hydrogen-bond donors (Lipinski definition) is 2. The molecule has 4 aromatic rings. The van der Waals surface area contributed by atoms with E-state index in [4.69, 9.17) is 17.3 Å². The zero-order valence-corrected chi connectivity index (χ0v) is 13.3. The molecule has 0 aliphatic carbocycles. The largest absolute Gasteiger partial charge is 0.383 e. The molecule has 0 amide bonds. The van der Waals surface area contributed by atoms with E-state index in [-0.39, 0.29) is 11.5 Å². The SMILES string of the molecule is Cc1cc(N)n(-c2nc3c(cnn3-c3cccc(Cl)c3)c(=O)[nH]2)n1. The molecule has 0 aliphatic heterocycles. The Labute approximate surface area is 140 Å². The third kappa shape index (κ3) is 2.24. The molecule has 120 valence electrons. The van der Waals surface area contributed by atoms with Crippen LogP contribution in [0.1, 0.15) is 5.69 Å². The molecule has 3 N–H and O–H groups in total. The fourth-order valence-corrected chi connectivity index (χ4v) is 2.68. The number of nitrogens with two attached hydrogens (primary N) is 1. The number of nitrogen functional groups attached to an aromatic ring is 1. The van der Waals surface area contributed by atoms with E-state index in [9.17, 15) is 4.79 Å². The minimum Gasteiger partial charge on any atom is -0.383 e. The predicted octanol–water partition coefficient (Wildman–Crippen LogP) is 1.84. The summed E-state index contributed by atoms with van der Waals surface area (Å²) in [5, 5.41) is 9.41. The Hall–Kier alpha value is -3.13. The van der Waals surface area contributed by atoms with Crippen molar-refractivity contribution in [2.45, 2.75) is 6.92 Å². The number of hydrogen-bond acceptors (Lipinski definition) is 5. The van der Waals surface area contributed by atoms with Gasteiger partial charge in [-0.2, -0.15) is 19.9 Å². The van der Waals surface area contributed by atoms with E-state index in [1.54, 1.807) is 35.9 Å². The van der Waals surface area contributed by atoms with Gasteiger partial charge in [-0.3, -0.25) is 9.78 Å². The first-order valence-corrected chi connectivity index (χ1v) is 7.47. The number of aryl methyl sites for hydroxylation is 1. The van der Waals surface area contributed by atoms with Gasteiger partial charge < -0.3 is 5.73 Å². The van der Waals surface area contributed by atoms with E-state index in [1.165, 1.54) is 10.9 Å². The lowest BCUT2D eigenvalue weighted by molar-refractivity contribution is 0.799. The first-order valence-electron chi connectivity index (χ1n) is 7.09. The number of aromatic amines is 1. The third-order valence-electron chi connectivity index (χ3n) is 3.54. The summed E-state index contributed by atoms with van der Waals surface area (Å²) in [4.78, 5) is 19.5. The number of fused-ring (bicyclic) bond motifs is 1. The second kappa shape index (κ2) is 5.20. The molecule has 4 rings (SSSR count). The number of nitrogens with one attached hydrogen (secondary N) is 1. The lowest BCUT2D eigenvalue weighted by Gasteiger charge is -2.06. The molecule has 0 aliphatic rings. The van der Waals surface area contributed by atoms with Crippen LogP contribution < -0.4 is 11.3 Å². The Balaban J connectivity index is 1.99. The standard InChI is InChI=1S/C15H12ClN7O/c1-8-5-12(17)23(21-8)15-19-13-11(14(24)20-15)7-18-22(13)10-4-2-3-9(16)6-10/h2-7H,17H2,1H3,(H,19,20,24). The highest BCUT2D eigenvalue weighted by atomic mass is 35.5. The van der Waals surface area contributed by atoms with Crippen molar-refractivity contribution in [3.05, 3.63) is 57.6 Å². The van der Waals surface area contributed by atoms with E-state index in [2.05, 4.69) is 20.2 Å². The lowest BCUT2D eigenvalue weighted by atomic mass is 10.3. The van der Waals surface area contributed by atoms with Crippen molar-refractivity contribution in [3.63, 3.8) is 0 Å². The maximum atomic E-state index is 12.3. The first kappa shape index (κ1) is 14.5. The average Bonchev–Trinajstić information content (AvgIpc) is 3.10. The maximum absolute atomic E-state index is 12.3. The number of H-pyrrole nitrogens is 1. The molecule has 0 bridgehead atoms. The topological polar surface area (TPSA) is 107 Å². The maximum Gasteiger partial charge on any atom is 0.263 e. The molecule has 0 saturated carbocycles. The monoisotopic (exact) mass is 341 g/mol. The Morgan fingerprint density at radius 1 is 1.25 bits per heavy atom. The average molecular weight is 342 g/mol. The van der Waals surface area contributed by atoms with Crippen LogP contribution in [-0.2, 0) is 0 Å². The van der Waals surface area contributed by atoms with Crippen LogP contribution in [0.2, 0.25) is 5.02 Å². The summed E-state index contributed by atoms with van der Waals surface area (Å²) >= 11 is 6.03. The van der Waals surface area contributed by atoms with Crippen molar-refractivity contribution < 1.29 is 0 Å². The fraction of sp³-hybridized carbons (Fsp3) is 0.0667. The van der Waals surface area contributed by atoms with Gasteiger partial charge in [-0.05, 0) is 25.1 Å². The van der Waals surface area contributed by atoms with E-state index in [1.807, 2.05) is 6.07 Å². The van der Waals surface area contributed by atoms with Gasteiger partial charge in [0, 0.05) is 11.1 Å². The number of anilines is 1. The van der Waals surface area contributed by atoms with E-state index < -0.39 is 0 Å². The van der Waals surface area contributed by atoms with E-state index >= 15 is 0 Å². The van der Waals surface area contributed by atoms with Crippen LogP contribution in [0.3, 0.4) is 0 Å². The summed E-state index contributed by atoms with van der Waals surface area (Å²) in [5.74, 6) is 0.602. The fourth-order valence-electron chi connectivity index (χ4n) is 2.49. The second-order valence-electron chi connectivity index (χ2n) is 5.29. The molecular formula is C15H12ClN7O. The van der Waals surface area contributed by atoms with Crippen LogP contribution >= 0.6 is 11.6 Å². The smallest absolute Gasteiger partial charge is 0.263 e. The molecule has 8 nitrogen and oxygen atoms in total. The molecular weight excluding hydrogens is 330 g/mol. The van der Waals surface area contributed by atoms with E-state index in [0.717, 1.165) is 5.69 Å². The lowest BCUT2D eigenvalue weighted by Crippen LogP contribution is -2.16. The first-order chi connectivity index (χ1) is 11.5. The van der Waals surface area contributed by atoms with Gasteiger partial charge >= 0.3 is 0 Å². The van der Waals surface area contributed by atoms with Gasteiger partial charge in [0.1, 0.15) is 11.2 Å². The summed E-state index contributed by atoms with van der Waals surface area (Å²) in [6.45, 7) is 1.81. The number of nitrogens with zero attached hydrogens (tertiary/aromatic N) is 5. The molecule has 24 heavy (non-hydrogen) atoms. The molecule has 3 heterocycles. The zero-order valence-electron chi connectivity index (χ0n) is 12.6. The van der Waals surface area contributed by atoms with Gasteiger partial charge in [-0.25, -0.2) is 4.68 Å². The van der Waals surface area contributed by atoms with Crippen molar-refractivity contribution in [2.75, 3.05) is 5.73 Å². The molecule has 3 aromatic heterocycles. The van der Waals surface area contributed by atoms with Gasteiger partial charge in [0.15, 0.2) is 5.65 Å². The van der Waals surface area contributed by atoms with Crippen LogP contribution in [0.15, 0.2) is 41.3 Å². The minimum absolute atomic E-state index is 0.224. The summed E-state index contributed by atoms with van der Waals surface area (Å²) in [6.07, 6.45) is 1.46. The second-order valence-corrected chi connectivity index (χ2v) is 5.72. The Morgan fingerprint density at radius 3 is 2.79 bits per heavy atom. The predicted molar refractivity (Wildman–Crippen MR) is 90.8 cm³/mol. The molecule has 9 heteroatoms. The van der Waals surface area contributed by atoms with Crippen LogP contribution in [0, 0.1) is 6.92 Å². The zero-order chi connectivity index (χ0) is 16.8. The summed E-state index contributed by atoms with van der Waals surface area (Å²) in [7, 11) is 0. The van der Waals surface area contributed by atoms with Crippen LogP contribution in [0.25, 0.3) is 22.7 Å². The summed E-state index contributed by atoms with van der Waals surface area (Å²) in [5.41, 5.74) is 7.40. The Morgan fingerprint density at radius 2 is 2.08 bits per heavy atom. The van der Waals surface area contributed by atoms with Gasteiger partial charge in [-0.15, -0.1) is 0 Å². The molecule has 0 saturated heterocycles. The molecule has 0 atom stereocenters. The Bertz CT molecular complexity index is 1120. The highest BCUT2D eigenvalue weighted by Crippen LogP contribution is 2.19. The summed E-state index contributed by atoms with van der Waals surface area (Å²) in [6, 6.07) is 8.82. The summed E-state index contributed by atoms with van der Waals surface area (Å²) < 4.78 is 2.93. The molecule has 0 fully saturated rings. The van der Waals surface area contributed by atoms with Gasteiger partial charge in [0.25, 0.3) is 5.56 Å².